The molecule has 15 heteroatoms. The molecule has 1 aromatic heterocycles. The minimum absolute atomic E-state index is 0.00632. The molecule has 0 aromatic carbocycles. The largest absolute Gasteiger partial charge is 0.481 e. The van der Waals surface area contributed by atoms with Crippen LogP contribution in [0.3, 0.4) is 0 Å². The van der Waals surface area contributed by atoms with Crippen LogP contribution in [0.4, 0.5) is 0 Å². The van der Waals surface area contributed by atoms with Gasteiger partial charge in [0.05, 0.1) is 31.6 Å². The molecule has 9 bridgehead atoms. The van der Waals surface area contributed by atoms with Gasteiger partial charge >= 0.3 is 11.9 Å². The van der Waals surface area contributed by atoms with Gasteiger partial charge in [0, 0.05) is 71.3 Å². The molecule has 9 aliphatic rings. The van der Waals surface area contributed by atoms with E-state index in [1.54, 1.807) is 21.6 Å². The van der Waals surface area contributed by atoms with Crippen molar-refractivity contribution in [1.29, 1.82) is 0 Å². The monoisotopic (exact) mass is 897 g/mol. The van der Waals surface area contributed by atoms with Crippen molar-refractivity contribution >= 4 is 44.9 Å². The fraction of sp³-hybridized carbons (Fsp3) is 0.745. The molecule has 13 nitrogen and oxygen atoms in total. The highest BCUT2D eigenvalue weighted by Crippen LogP contribution is 2.68. The molecule has 6 heterocycles. The van der Waals surface area contributed by atoms with Gasteiger partial charge in [-0.3, -0.25) is 4.79 Å². The maximum Gasteiger partial charge on any atom is 0.333 e. The fourth-order valence-corrected chi connectivity index (χ4v) is 16.4. The molecule has 340 valence electrons. The Hall–Kier alpha value is -2.34. The highest BCUT2D eigenvalue weighted by molar-refractivity contribution is 8.76. The van der Waals surface area contributed by atoms with Crippen LogP contribution in [0, 0.1) is 41.4 Å². The van der Waals surface area contributed by atoms with E-state index < -0.39 is 76.5 Å². The molecule has 10 rings (SSSR count). The molecule has 14 unspecified atom stereocenters. The molecule has 5 aliphatic heterocycles. The van der Waals surface area contributed by atoms with Crippen LogP contribution >= 0.6 is 21.6 Å². The number of nitrogens with one attached hydrogen (secondary N) is 1. The molecule has 6 N–H and O–H groups in total. The molecular formula is C47H63NO12S2. The first-order chi connectivity index (χ1) is 29.9. The number of aromatic amines is 1. The number of aliphatic hydroxyl groups is 4. The van der Waals surface area contributed by atoms with E-state index in [4.69, 9.17) is 23.7 Å². The molecule has 4 aliphatic carbocycles. The second-order valence-corrected chi connectivity index (χ2v) is 22.4. The van der Waals surface area contributed by atoms with Crippen molar-refractivity contribution in [3.8, 4) is 0 Å². The Morgan fingerprint density at radius 3 is 2.66 bits per heavy atom. The summed E-state index contributed by atoms with van der Waals surface area (Å²) in [6, 6.07) is 2.24. The zero-order chi connectivity index (χ0) is 43.2. The van der Waals surface area contributed by atoms with Gasteiger partial charge in [-0.15, -0.1) is 0 Å². The van der Waals surface area contributed by atoms with Crippen LogP contribution in [0.5, 0.6) is 0 Å². The third kappa shape index (κ3) is 6.43. The number of carbonyl (C=O) groups is 2. The Morgan fingerprint density at radius 2 is 1.89 bits per heavy atom. The summed E-state index contributed by atoms with van der Waals surface area (Å²) < 4.78 is 34.6. The molecule has 0 amide bonds. The lowest BCUT2D eigenvalue weighted by Gasteiger charge is -2.73. The Bertz CT molecular complexity index is 2120. The lowest BCUT2D eigenvalue weighted by Crippen LogP contribution is -2.91. The number of hydrogen-bond donors (Lipinski definition) is 6. The quantitative estimate of drug-likeness (QED) is 0.136. The van der Waals surface area contributed by atoms with Gasteiger partial charge in [-0.05, 0) is 86.7 Å². The average Bonchev–Trinajstić information content (AvgIpc) is 3.66. The summed E-state index contributed by atoms with van der Waals surface area (Å²) in [4.78, 5) is 29.8. The molecule has 4 saturated heterocycles. The van der Waals surface area contributed by atoms with E-state index in [9.17, 15) is 35.1 Å². The van der Waals surface area contributed by atoms with Gasteiger partial charge in [-0.25, -0.2) is 4.79 Å². The van der Waals surface area contributed by atoms with E-state index >= 15 is 0 Å². The molecular weight excluding hydrogens is 835 g/mol. The Kier molecular flexibility index (Phi) is 11.6. The van der Waals surface area contributed by atoms with Crippen LogP contribution in [0.1, 0.15) is 102 Å². The van der Waals surface area contributed by atoms with Gasteiger partial charge in [0.15, 0.2) is 11.2 Å². The predicted molar refractivity (Wildman–Crippen MR) is 232 cm³/mol. The minimum Gasteiger partial charge on any atom is -0.481 e. The van der Waals surface area contributed by atoms with Crippen molar-refractivity contribution in [2.75, 3.05) is 38.4 Å². The maximum atomic E-state index is 13.6. The Morgan fingerprint density at radius 1 is 1.08 bits per heavy atom. The highest BCUT2D eigenvalue weighted by Gasteiger charge is 2.85. The number of carbonyl (C=O) groups excluding carboxylic acids is 1. The van der Waals surface area contributed by atoms with Crippen molar-refractivity contribution in [3.05, 3.63) is 46.1 Å². The molecule has 6 fully saturated rings. The first-order valence-corrected chi connectivity index (χ1v) is 25.6. The molecule has 2 spiro atoms. The summed E-state index contributed by atoms with van der Waals surface area (Å²) in [7, 11) is 4.59. The second-order valence-electron chi connectivity index (χ2n) is 19.9. The standard InChI is InChI=1S/C47H63NO12S2/c1-25(27-8-4-3-5-9-27)36-19-34-35-13-14-44(55)43(54)46(35)45-24-57-15-7-11-28-10-6-12-30-32(20-39(51)52)33(42(53)56-2)18-31(28)41(30)59-47(44,60-45)38(50)17-29(45)23-62-61-22-26(21-49)16-37(58-46)40(34)48-36/h6,12,18-19,25-32,38,41,43,48-50,54-55H,3-5,7-11,13-17,20-24H2,1-2H3,(H,51,52). The number of allylic oxidation sites excluding steroid dienone is 1. The number of aromatic nitrogens is 1. The van der Waals surface area contributed by atoms with Crippen molar-refractivity contribution in [2.24, 2.45) is 41.4 Å². The lowest BCUT2D eigenvalue weighted by atomic mass is 9.50. The predicted octanol–water partition coefficient (Wildman–Crippen LogP) is 4.06. The summed E-state index contributed by atoms with van der Waals surface area (Å²) in [6.45, 7) is 2.59. The Balaban J connectivity index is 1.19. The summed E-state index contributed by atoms with van der Waals surface area (Å²) in [5.74, 6) is -3.97. The zero-order valence-electron chi connectivity index (χ0n) is 35.8. The van der Waals surface area contributed by atoms with Crippen LogP contribution < -0.4 is 10.6 Å². The number of aliphatic hydroxyl groups excluding tert-OH is 3. The number of hydrogen-bond acceptors (Lipinski definition) is 13. The third-order valence-corrected chi connectivity index (χ3v) is 19.4. The van der Waals surface area contributed by atoms with Gasteiger partial charge in [0.1, 0.15) is 23.6 Å². The van der Waals surface area contributed by atoms with E-state index in [2.05, 4.69) is 18.0 Å². The number of carboxylic acids is 1. The number of H-pyrrole nitrogens is 1. The summed E-state index contributed by atoms with van der Waals surface area (Å²) in [5, 5.41) is 62.7. The van der Waals surface area contributed by atoms with Crippen molar-refractivity contribution < 1.29 is 58.8 Å². The first kappa shape index (κ1) is 43.5. The number of rotatable bonds is 6. The number of fused-ring (bicyclic) bond motifs is 3. The first-order valence-electron chi connectivity index (χ1n) is 23.1. The van der Waals surface area contributed by atoms with Crippen molar-refractivity contribution in [1.82, 2.24) is 4.98 Å². The van der Waals surface area contributed by atoms with Crippen molar-refractivity contribution in [2.45, 2.75) is 137 Å². The van der Waals surface area contributed by atoms with E-state index in [1.807, 2.05) is 18.2 Å². The summed E-state index contributed by atoms with van der Waals surface area (Å²) in [5.41, 5.74) is -3.16. The fourth-order valence-electron chi connectivity index (χ4n) is 13.6. The van der Waals surface area contributed by atoms with E-state index in [0.717, 1.165) is 21.8 Å². The second kappa shape index (κ2) is 16.5. The lowest BCUT2D eigenvalue weighted by molar-refractivity contribution is -0.497. The van der Waals surface area contributed by atoms with Crippen LogP contribution in [0.15, 0.2) is 29.9 Å². The van der Waals surface area contributed by atoms with Gasteiger partial charge < -0.3 is 54.2 Å². The molecule has 62 heavy (non-hydrogen) atoms. The SMILES string of the molecule is COC(=O)C1=CC2C3CC=CC(C1CC(=O)O)C2OC12OC4(COCCC3)C(CSSCC(CO)CC3=c5[nH]c(C(C)C6CCCCC6)cc5=C5CCC1(O)C(O)C54O3)CC2O. The topological polar surface area (TPSA) is 197 Å². The maximum absolute atomic E-state index is 13.6. The van der Waals surface area contributed by atoms with Crippen LogP contribution in [-0.2, 0) is 33.3 Å². The molecule has 2 saturated carbocycles. The average molecular weight is 898 g/mol. The van der Waals surface area contributed by atoms with Gasteiger partial charge in [0.2, 0.25) is 5.79 Å². The van der Waals surface area contributed by atoms with Crippen molar-refractivity contribution in [3.63, 3.8) is 0 Å². The van der Waals surface area contributed by atoms with Gasteiger partial charge in [-0.2, -0.15) is 0 Å². The van der Waals surface area contributed by atoms with E-state index in [0.29, 0.717) is 61.9 Å². The van der Waals surface area contributed by atoms with Crippen LogP contribution in [-0.4, -0.2) is 122 Å². The van der Waals surface area contributed by atoms with Gasteiger partial charge in [-0.1, -0.05) is 66.0 Å². The molecule has 14 atom stereocenters. The minimum atomic E-state index is -2.22. The molecule has 0 radical (unpaired) electrons. The number of carboxylic acid groups (broad SMARTS) is 1. The zero-order valence-corrected chi connectivity index (χ0v) is 37.4. The third-order valence-electron chi connectivity index (χ3n) is 16.8. The van der Waals surface area contributed by atoms with Gasteiger partial charge in [0.25, 0.3) is 0 Å². The highest BCUT2D eigenvalue weighted by atomic mass is 33.1. The summed E-state index contributed by atoms with van der Waals surface area (Å²) >= 11 is 0. The molecule has 1 aromatic rings. The summed E-state index contributed by atoms with van der Waals surface area (Å²) in [6.07, 6.45) is 10.3. The van der Waals surface area contributed by atoms with Crippen LogP contribution in [0.2, 0.25) is 0 Å². The number of ether oxygens (including phenoxy) is 5. The van der Waals surface area contributed by atoms with Crippen LogP contribution in [0.25, 0.3) is 11.3 Å². The van der Waals surface area contributed by atoms with E-state index in [-0.39, 0.29) is 55.8 Å². The number of esters is 1. The number of aliphatic carboxylic acids is 1. The Labute approximate surface area is 370 Å². The van der Waals surface area contributed by atoms with E-state index in [1.165, 1.54) is 39.2 Å². The smallest absolute Gasteiger partial charge is 0.333 e. The number of methoxy groups -OCH3 is 1. The normalized spacial score (nSPS) is 43.3.